The Morgan fingerprint density at radius 3 is 2.65 bits per heavy atom. The van der Waals surface area contributed by atoms with E-state index in [1.807, 2.05) is 0 Å². The molecule has 0 aromatic carbocycles. The molecule has 0 fully saturated rings. The van der Waals surface area contributed by atoms with Crippen LogP contribution in [0.1, 0.15) is 10.4 Å². The third-order valence-electron chi connectivity index (χ3n) is 2.22. The minimum Gasteiger partial charge on any atom is -0.465 e. The number of ether oxygens (including phenoxy) is 1. The smallest absolute Gasteiger partial charge is 0.339 e. The molecule has 0 aliphatic carbocycles. The predicted molar refractivity (Wildman–Crippen MR) is 58.8 cm³/mol. The molecule has 2 aromatic rings. The normalized spacial score (nSPS) is 10.0. The van der Waals surface area contributed by atoms with E-state index in [4.69, 9.17) is 0 Å². The van der Waals surface area contributed by atoms with Gasteiger partial charge in [0.25, 0.3) is 0 Å². The lowest BCUT2D eigenvalue weighted by molar-refractivity contribution is 0.0599. The van der Waals surface area contributed by atoms with E-state index in [0.29, 0.717) is 5.56 Å². The molecule has 0 amide bonds. The molecule has 2 heterocycles. The highest BCUT2D eigenvalue weighted by Crippen LogP contribution is 2.20. The number of hydrogen-bond acceptors (Lipinski definition) is 4. The van der Waals surface area contributed by atoms with Gasteiger partial charge >= 0.3 is 5.97 Å². The van der Waals surface area contributed by atoms with E-state index < -0.39 is 11.8 Å². The van der Waals surface area contributed by atoms with Gasteiger partial charge in [-0.25, -0.2) is 9.18 Å². The van der Waals surface area contributed by atoms with Crippen LogP contribution in [0.15, 0.2) is 36.8 Å². The van der Waals surface area contributed by atoms with Crippen LogP contribution in [0.2, 0.25) is 0 Å². The number of aromatic nitrogens is 2. The average molecular weight is 232 g/mol. The van der Waals surface area contributed by atoms with E-state index in [2.05, 4.69) is 14.7 Å². The third kappa shape index (κ3) is 2.28. The Balaban J connectivity index is 2.42. The van der Waals surface area contributed by atoms with E-state index in [-0.39, 0.29) is 11.3 Å². The fraction of sp³-hybridized carbons (Fsp3) is 0.0833. The van der Waals surface area contributed by atoms with Gasteiger partial charge in [-0.1, -0.05) is 0 Å². The second-order valence-corrected chi connectivity index (χ2v) is 3.28. The summed E-state index contributed by atoms with van der Waals surface area (Å²) in [6.45, 7) is 0. The maximum atomic E-state index is 13.7. The lowest BCUT2D eigenvalue weighted by Crippen LogP contribution is -2.03. The third-order valence-corrected chi connectivity index (χ3v) is 2.22. The maximum absolute atomic E-state index is 13.7. The molecule has 0 aliphatic rings. The summed E-state index contributed by atoms with van der Waals surface area (Å²) in [7, 11) is 1.23. The van der Waals surface area contributed by atoms with Gasteiger partial charge in [0.1, 0.15) is 11.5 Å². The number of carbonyl (C=O) groups is 1. The summed E-state index contributed by atoms with van der Waals surface area (Å²) >= 11 is 0. The second-order valence-electron chi connectivity index (χ2n) is 3.28. The standard InChI is InChI=1S/C12H9FN2O2/c1-17-12(16)9-6-10(13)11(15-7-9)8-2-4-14-5-3-8/h2-7H,1H3. The molecule has 2 aromatic heterocycles. The number of hydrogen-bond donors (Lipinski definition) is 0. The Morgan fingerprint density at radius 2 is 2.06 bits per heavy atom. The second kappa shape index (κ2) is 4.69. The molecule has 0 saturated carbocycles. The van der Waals surface area contributed by atoms with E-state index >= 15 is 0 Å². The summed E-state index contributed by atoms with van der Waals surface area (Å²) in [6, 6.07) is 4.39. The highest BCUT2D eigenvalue weighted by atomic mass is 19.1. The van der Waals surface area contributed by atoms with E-state index in [1.54, 1.807) is 24.5 Å². The van der Waals surface area contributed by atoms with Crippen LogP contribution in [0.5, 0.6) is 0 Å². The molecule has 5 heteroatoms. The zero-order chi connectivity index (χ0) is 12.3. The first kappa shape index (κ1) is 11.2. The van der Waals surface area contributed by atoms with Crippen molar-refractivity contribution in [1.29, 1.82) is 0 Å². The molecule has 4 nitrogen and oxygen atoms in total. The molecular formula is C12H9FN2O2. The largest absolute Gasteiger partial charge is 0.465 e. The average Bonchev–Trinajstić information content (AvgIpc) is 2.38. The molecule has 0 unspecified atom stereocenters. The highest BCUT2D eigenvalue weighted by molar-refractivity contribution is 5.89. The first-order valence-electron chi connectivity index (χ1n) is 4.86. The van der Waals surface area contributed by atoms with Crippen molar-refractivity contribution in [2.45, 2.75) is 0 Å². The minimum absolute atomic E-state index is 0.0859. The number of esters is 1. The van der Waals surface area contributed by atoms with Crippen molar-refractivity contribution >= 4 is 5.97 Å². The zero-order valence-corrected chi connectivity index (χ0v) is 9.05. The maximum Gasteiger partial charge on any atom is 0.339 e. The number of nitrogens with zero attached hydrogens (tertiary/aromatic N) is 2. The van der Waals surface area contributed by atoms with Crippen LogP contribution in [0.3, 0.4) is 0 Å². The monoisotopic (exact) mass is 232 g/mol. The molecule has 2 rings (SSSR count). The van der Waals surface area contributed by atoms with Crippen LogP contribution >= 0.6 is 0 Å². The molecule has 0 spiro atoms. The van der Waals surface area contributed by atoms with E-state index in [9.17, 15) is 9.18 Å². The van der Waals surface area contributed by atoms with Gasteiger partial charge in [0, 0.05) is 24.2 Å². The van der Waals surface area contributed by atoms with E-state index in [0.717, 1.165) is 6.07 Å². The van der Waals surface area contributed by atoms with Crippen molar-refractivity contribution in [1.82, 2.24) is 9.97 Å². The molecule has 0 radical (unpaired) electrons. The summed E-state index contributed by atoms with van der Waals surface area (Å²) in [6.07, 6.45) is 4.38. The van der Waals surface area contributed by atoms with Crippen molar-refractivity contribution in [2.75, 3.05) is 7.11 Å². The Kier molecular flexibility index (Phi) is 3.09. The molecule has 17 heavy (non-hydrogen) atoms. The predicted octanol–water partition coefficient (Wildman–Crippen LogP) is 2.07. The summed E-state index contributed by atoms with van der Waals surface area (Å²) in [4.78, 5) is 18.9. The van der Waals surface area contributed by atoms with Gasteiger partial charge in [0.15, 0.2) is 0 Å². The Labute approximate surface area is 97.1 Å². The molecule has 0 atom stereocenters. The summed E-state index contributed by atoms with van der Waals surface area (Å²) in [5.74, 6) is -1.18. The lowest BCUT2D eigenvalue weighted by atomic mass is 10.1. The molecule has 0 saturated heterocycles. The van der Waals surface area contributed by atoms with Crippen molar-refractivity contribution in [3.63, 3.8) is 0 Å². The van der Waals surface area contributed by atoms with Gasteiger partial charge in [-0.3, -0.25) is 9.97 Å². The lowest BCUT2D eigenvalue weighted by Gasteiger charge is -2.04. The van der Waals surface area contributed by atoms with Crippen molar-refractivity contribution in [3.05, 3.63) is 48.2 Å². The fourth-order valence-electron chi connectivity index (χ4n) is 1.39. The molecule has 0 aliphatic heterocycles. The Bertz CT molecular complexity index is 543. The van der Waals surface area contributed by atoms with Gasteiger partial charge in [0.2, 0.25) is 0 Å². The van der Waals surface area contributed by atoms with Crippen LogP contribution < -0.4 is 0 Å². The molecular weight excluding hydrogens is 223 g/mol. The summed E-state index contributed by atoms with van der Waals surface area (Å²) in [5.41, 5.74) is 0.872. The molecule has 0 N–H and O–H groups in total. The van der Waals surface area contributed by atoms with Gasteiger partial charge in [0.05, 0.1) is 12.7 Å². The fourth-order valence-corrected chi connectivity index (χ4v) is 1.39. The Morgan fingerprint density at radius 1 is 1.35 bits per heavy atom. The van der Waals surface area contributed by atoms with Crippen LogP contribution in [0.4, 0.5) is 4.39 Å². The van der Waals surface area contributed by atoms with Crippen LogP contribution in [0, 0.1) is 5.82 Å². The van der Waals surface area contributed by atoms with Gasteiger partial charge in [-0.2, -0.15) is 0 Å². The number of rotatable bonds is 2. The van der Waals surface area contributed by atoms with Crippen molar-refractivity contribution in [2.24, 2.45) is 0 Å². The van der Waals surface area contributed by atoms with Crippen molar-refractivity contribution in [3.8, 4) is 11.3 Å². The van der Waals surface area contributed by atoms with Gasteiger partial charge in [-0.05, 0) is 18.2 Å². The van der Waals surface area contributed by atoms with Crippen LogP contribution in [-0.4, -0.2) is 23.0 Å². The highest BCUT2D eigenvalue weighted by Gasteiger charge is 2.12. The SMILES string of the molecule is COC(=O)c1cnc(-c2ccncc2)c(F)c1. The number of pyridine rings is 2. The number of carbonyl (C=O) groups excluding carboxylic acids is 1. The summed E-state index contributed by atoms with van der Waals surface area (Å²) in [5, 5.41) is 0. The molecule has 86 valence electrons. The van der Waals surface area contributed by atoms with Gasteiger partial charge in [-0.15, -0.1) is 0 Å². The minimum atomic E-state index is -0.613. The first-order valence-corrected chi connectivity index (χ1v) is 4.86. The van der Waals surface area contributed by atoms with Crippen LogP contribution in [0.25, 0.3) is 11.3 Å². The zero-order valence-electron chi connectivity index (χ0n) is 9.05. The number of halogens is 1. The quantitative estimate of drug-likeness (QED) is 0.744. The van der Waals surface area contributed by atoms with E-state index in [1.165, 1.54) is 13.3 Å². The number of methoxy groups -OCH3 is 1. The summed E-state index contributed by atoms with van der Waals surface area (Å²) < 4.78 is 18.2. The topological polar surface area (TPSA) is 52.1 Å². The molecule has 0 bridgehead atoms. The van der Waals surface area contributed by atoms with Gasteiger partial charge < -0.3 is 4.74 Å². The van der Waals surface area contributed by atoms with Crippen molar-refractivity contribution < 1.29 is 13.9 Å². The van der Waals surface area contributed by atoms with Crippen LogP contribution in [-0.2, 0) is 4.74 Å². The Hall–Kier alpha value is -2.30. The first-order chi connectivity index (χ1) is 8.22.